The van der Waals surface area contributed by atoms with Gasteiger partial charge in [0.05, 0.1) is 12.0 Å². The van der Waals surface area contributed by atoms with E-state index < -0.39 is 36.0 Å². The molecule has 0 saturated heterocycles. The molecule has 0 unspecified atom stereocenters. The summed E-state index contributed by atoms with van der Waals surface area (Å²) in [5.74, 6) is 0.333. The molecule has 1 aliphatic rings. The van der Waals surface area contributed by atoms with Crippen molar-refractivity contribution < 1.29 is 23.6 Å². The number of rotatable bonds is 9. The van der Waals surface area contributed by atoms with Crippen LogP contribution in [0.3, 0.4) is 0 Å². The maximum Gasteiger partial charge on any atom is -0.0314 e. The van der Waals surface area contributed by atoms with Gasteiger partial charge in [-0.15, -0.1) is 0 Å². The van der Waals surface area contributed by atoms with Gasteiger partial charge in [-0.3, -0.25) is 4.79 Å². The van der Waals surface area contributed by atoms with E-state index in [-0.39, 0.29) is 5.97 Å². The third kappa shape index (κ3) is 6.11. The van der Waals surface area contributed by atoms with E-state index in [9.17, 15) is 9.59 Å². The summed E-state index contributed by atoms with van der Waals surface area (Å²) >= 11 is -2.40. The number of esters is 1. The van der Waals surface area contributed by atoms with E-state index in [0.29, 0.717) is 23.7 Å². The summed E-state index contributed by atoms with van der Waals surface area (Å²) in [6.45, 7) is 5.92. The second-order valence-electron chi connectivity index (χ2n) is 11.9. The molecule has 1 atom stereocenters. The molecule has 8 heteroatoms. The smallest absolute Gasteiger partial charge is 0.0314 e. The molecule has 0 bridgehead atoms. The average Bonchev–Trinajstić information content (AvgIpc) is 3.72. The standard InChI is InChI=1S/C31H29N2O5.3CH3.Sn/c1-4-36-29(34)31(18-19-31)26-16-14-24(15-17-26)23-10-12-25(13-11-23)28-27(20(2)33-38-28)32-30(35)37-21(3)22-8-6-5-7-9-22;;;;/h5-8,10-17,21H,4,18-19H2,1-3H3,(H,32,35);3*1H3;/t21-;;;;/m1..../s1. The zero-order valence-corrected chi connectivity index (χ0v) is 28.0. The van der Waals surface area contributed by atoms with Crippen molar-refractivity contribution in [2.75, 3.05) is 11.9 Å². The molecular formula is C34H38N2O5Sn. The minimum atomic E-state index is -2.40. The maximum absolute atomic E-state index is 13.0. The molecule has 1 amide bonds. The number of anilines is 1. The molecule has 7 nitrogen and oxygen atoms in total. The maximum atomic E-state index is 13.0. The van der Waals surface area contributed by atoms with E-state index in [4.69, 9.17) is 14.0 Å². The van der Waals surface area contributed by atoms with Gasteiger partial charge in [-0.2, -0.15) is 0 Å². The first-order valence-corrected chi connectivity index (χ1v) is 24.4. The molecule has 5 rings (SSSR count). The molecule has 1 aromatic heterocycles. The Bertz CT molecular complexity index is 1580. The van der Waals surface area contributed by atoms with E-state index in [1.165, 1.54) is 3.58 Å². The predicted octanol–water partition coefficient (Wildman–Crippen LogP) is 7.77. The molecule has 4 aromatic rings. The second kappa shape index (κ2) is 12.0. The van der Waals surface area contributed by atoms with Crippen molar-refractivity contribution in [3.05, 3.63) is 89.6 Å². The van der Waals surface area contributed by atoms with Gasteiger partial charge in [-0.25, -0.2) is 0 Å². The van der Waals surface area contributed by atoms with Crippen LogP contribution in [0, 0.1) is 6.92 Å². The van der Waals surface area contributed by atoms with Crippen molar-refractivity contribution in [2.24, 2.45) is 0 Å². The van der Waals surface area contributed by atoms with Crippen LogP contribution in [0.4, 0.5) is 10.5 Å². The molecule has 1 fully saturated rings. The number of nitrogens with one attached hydrogen (secondary N) is 1. The fourth-order valence-electron chi connectivity index (χ4n) is 5.40. The molecule has 0 radical (unpaired) electrons. The Hall–Kier alpha value is -3.59. The van der Waals surface area contributed by atoms with Gasteiger partial charge in [0.25, 0.3) is 0 Å². The topological polar surface area (TPSA) is 90.7 Å². The van der Waals surface area contributed by atoms with Crippen LogP contribution in [0.5, 0.6) is 0 Å². The molecule has 0 aliphatic heterocycles. The molecular weight excluding hydrogens is 635 g/mol. The van der Waals surface area contributed by atoms with Gasteiger partial charge in [0.15, 0.2) is 0 Å². The van der Waals surface area contributed by atoms with Gasteiger partial charge in [-0.05, 0) is 30.9 Å². The predicted molar refractivity (Wildman–Crippen MR) is 168 cm³/mol. The molecule has 1 aliphatic carbocycles. The Balaban J connectivity index is 1.29. The Morgan fingerprint density at radius 2 is 1.55 bits per heavy atom. The minimum Gasteiger partial charge on any atom is -0.0573 e. The van der Waals surface area contributed by atoms with Crippen molar-refractivity contribution >= 4 is 39.7 Å². The number of amides is 1. The molecule has 218 valence electrons. The van der Waals surface area contributed by atoms with Crippen LogP contribution in [0.1, 0.15) is 49.6 Å². The van der Waals surface area contributed by atoms with Crippen molar-refractivity contribution in [3.63, 3.8) is 0 Å². The van der Waals surface area contributed by atoms with Crippen LogP contribution < -0.4 is 8.90 Å². The van der Waals surface area contributed by atoms with Crippen LogP contribution in [0.2, 0.25) is 14.8 Å². The SMILES string of the molecule is CCOC(=O)C1(c2ccc(-c3ccc(-c4onc(C)c4NC(=O)O[C@H](C)c4cccc[c]4[Sn]([CH3])([CH3])[CH3])cc3)cc2)CC1. The fraction of sp³-hybridized carbons (Fsp3) is 0.324. The summed E-state index contributed by atoms with van der Waals surface area (Å²) in [7, 11) is 0. The summed E-state index contributed by atoms with van der Waals surface area (Å²) in [6.07, 6.45) is 0.706. The van der Waals surface area contributed by atoms with E-state index >= 15 is 0 Å². The van der Waals surface area contributed by atoms with Crippen molar-refractivity contribution in [1.29, 1.82) is 0 Å². The van der Waals surface area contributed by atoms with Crippen LogP contribution in [-0.2, 0) is 19.7 Å². The van der Waals surface area contributed by atoms with Gasteiger partial charge in [-0.1, -0.05) is 24.3 Å². The van der Waals surface area contributed by atoms with Gasteiger partial charge in [0.2, 0.25) is 0 Å². The first kappa shape index (κ1) is 29.9. The third-order valence-corrected chi connectivity index (χ3v) is 13.8. The Morgan fingerprint density at radius 3 is 2.14 bits per heavy atom. The number of aromatic nitrogens is 1. The number of aryl methyl sites for hydroxylation is 1. The number of hydrogen-bond acceptors (Lipinski definition) is 6. The molecule has 1 saturated carbocycles. The molecule has 1 heterocycles. The van der Waals surface area contributed by atoms with Gasteiger partial charge in [0.1, 0.15) is 0 Å². The zero-order chi connectivity index (χ0) is 30.1. The normalized spacial score (nSPS) is 14.6. The fourth-order valence-corrected chi connectivity index (χ4v) is 10.4. The largest absolute Gasteiger partial charge is 0.0573 e. The first-order chi connectivity index (χ1) is 20.0. The first-order valence-electron chi connectivity index (χ1n) is 14.5. The summed E-state index contributed by atoms with van der Waals surface area (Å²) < 4.78 is 18.1. The Kier molecular flexibility index (Phi) is 8.51. The van der Waals surface area contributed by atoms with Gasteiger partial charge < -0.3 is 4.74 Å². The number of carbonyl (C=O) groups excluding carboxylic acids is 2. The Morgan fingerprint density at radius 1 is 0.952 bits per heavy atom. The summed E-state index contributed by atoms with van der Waals surface area (Å²) in [5.41, 5.74) is 5.48. The molecule has 42 heavy (non-hydrogen) atoms. The van der Waals surface area contributed by atoms with Gasteiger partial charge >= 0.3 is 176 Å². The number of hydrogen-bond donors (Lipinski definition) is 1. The molecule has 1 N–H and O–H groups in total. The van der Waals surface area contributed by atoms with Crippen molar-refractivity contribution in [2.45, 2.75) is 60.0 Å². The number of benzene rings is 3. The summed E-state index contributed by atoms with van der Waals surface area (Å²) in [6, 6.07) is 24.2. The van der Waals surface area contributed by atoms with Crippen molar-refractivity contribution in [1.82, 2.24) is 5.16 Å². The van der Waals surface area contributed by atoms with Crippen LogP contribution in [0.15, 0.2) is 77.3 Å². The monoisotopic (exact) mass is 674 g/mol. The van der Waals surface area contributed by atoms with Crippen LogP contribution in [-0.4, -0.2) is 42.2 Å². The number of ether oxygens (including phenoxy) is 2. The van der Waals surface area contributed by atoms with E-state index in [1.807, 2.05) is 74.5 Å². The van der Waals surface area contributed by atoms with Crippen molar-refractivity contribution in [3.8, 4) is 22.5 Å². The number of nitrogens with zero attached hydrogens (tertiary/aromatic N) is 1. The Labute approximate surface area is 251 Å². The van der Waals surface area contributed by atoms with Crippen LogP contribution >= 0.6 is 0 Å². The summed E-state index contributed by atoms with van der Waals surface area (Å²) in [4.78, 5) is 32.5. The summed E-state index contributed by atoms with van der Waals surface area (Å²) in [5, 5.41) is 6.97. The van der Waals surface area contributed by atoms with Crippen LogP contribution in [0.25, 0.3) is 22.5 Å². The van der Waals surface area contributed by atoms with E-state index in [2.05, 4.69) is 37.4 Å². The third-order valence-electron chi connectivity index (χ3n) is 7.91. The average molecular weight is 673 g/mol. The zero-order valence-electron chi connectivity index (χ0n) is 25.1. The quantitative estimate of drug-likeness (QED) is 0.144. The molecule has 3 aromatic carbocycles. The second-order valence-corrected chi connectivity index (χ2v) is 26.3. The minimum absolute atomic E-state index is 0.135. The van der Waals surface area contributed by atoms with E-state index in [0.717, 1.165) is 40.7 Å². The van der Waals surface area contributed by atoms with E-state index in [1.54, 1.807) is 6.92 Å². The number of carbonyl (C=O) groups is 2. The molecule has 0 spiro atoms. The van der Waals surface area contributed by atoms with Gasteiger partial charge in [0, 0.05) is 0 Å².